The van der Waals surface area contributed by atoms with Crippen molar-refractivity contribution in [3.63, 3.8) is 0 Å². The zero-order chi connectivity index (χ0) is 13.7. The molecule has 108 valence electrons. The van der Waals surface area contributed by atoms with Crippen molar-refractivity contribution < 1.29 is 14.3 Å². The third-order valence-electron chi connectivity index (χ3n) is 5.86. The van der Waals surface area contributed by atoms with Crippen molar-refractivity contribution in [1.29, 1.82) is 0 Å². The minimum Gasteiger partial charge on any atom is -0.343 e. The van der Waals surface area contributed by atoms with Crippen LogP contribution in [-0.2, 0) is 14.3 Å². The summed E-state index contributed by atoms with van der Waals surface area (Å²) in [6.45, 7) is 6.28. The van der Waals surface area contributed by atoms with E-state index in [9.17, 15) is 4.79 Å². The molecule has 1 spiro atoms. The first-order chi connectivity index (χ1) is 9.06. The molecule has 1 aliphatic heterocycles. The fourth-order valence-corrected chi connectivity index (χ4v) is 4.83. The second-order valence-electron chi connectivity index (χ2n) is 6.63. The van der Waals surface area contributed by atoms with E-state index in [-0.39, 0.29) is 17.6 Å². The number of hydrogen-bond acceptors (Lipinski definition) is 3. The smallest absolute Gasteiger partial charge is 0.181 e. The van der Waals surface area contributed by atoms with E-state index in [4.69, 9.17) is 9.47 Å². The molecule has 4 atom stereocenters. The van der Waals surface area contributed by atoms with Crippen LogP contribution in [0.25, 0.3) is 0 Å². The molecule has 4 unspecified atom stereocenters. The number of rotatable bonds is 1. The molecule has 0 N–H and O–H groups in total. The molecule has 3 rings (SSSR count). The largest absolute Gasteiger partial charge is 0.343 e. The van der Waals surface area contributed by atoms with E-state index in [0.29, 0.717) is 18.1 Å². The molecule has 0 amide bonds. The lowest BCUT2D eigenvalue weighted by Crippen LogP contribution is -2.61. The van der Waals surface area contributed by atoms with Gasteiger partial charge in [-0.25, -0.2) is 0 Å². The Labute approximate surface area is 116 Å². The van der Waals surface area contributed by atoms with E-state index < -0.39 is 5.79 Å². The highest BCUT2D eigenvalue weighted by molar-refractivity contribution is 5.87. The molecule has 0 aromatic rings. The number of Topliss-reactive ketones (excluding diaryl/α,β-unsaturated/α-hetero) is 1. The van der Waals surface area contributed by atoms with Crippen LogP contribution in [0.4, 0.5) is 0 Å². The van der Waals surface area contributed by atoms with Gasteiger partial charge in [-0.05, 0) is 51.9 Å². The zero-order valence-corrected chi connectivity index (χ0v) is 12.4. The highest BCUT2D eigenvalue weighted by Crippen LogP contribution is 2.60. The average molecular weight is 266 g/mol. The summed E-state index contributed by atoms with van der Waals surface area (Å²) in [6.07, 6.45) is 7.14. The van der Waals surface area contributed by atoms with Gasteiger partial charge < -0.3 is 9.47 Å². The summed E-state index contributed by atoms with van der Waals surface area (Å²) in [5.41, 5.74) is -0.372. The minimum atomic E-state index is -0.624. The predicted molar refractivity (Wildman–Crippen MR) is 72.7 cm³/mol. The molecular weight excluding hydrogens is 240 g/mol. The van der Waals surface area contributed by atoms with Crippen molar-refractivity contribution in [1.82, 2.24) is 0 Å². The van der Waals surface area contributed by atoms with E-state index in [2.05, 4.69) is 20.8 Å². The molecule has 0 aromatic heterocycles. The van der Waals surface area contributed by atoms with Crippen LogP contribution < -0.4 is 0 Å². The Kier molecular flexibility index (Phi) is 3.25. The van der Waals surface area contributed by atoms with Crippen molar-refractivity contribution in [3.05, 3.63) is 0 Å². The highest BCUT2D eigenvalue weighted by Gasteiger charge is 2.66. The van der Waals surface area contributed by atoms with Crippen LogP contribution in [0.1, 0.15) is 65.7 Å². The maximum absolute atomic E-state index is 12.8. The first-order valence-electron chi connectivity index (χ1n) is 7.94. The summed E-state index contributed by atoms with van der Waals surface area (Å²) in [4.78, 5) is 12.8. The van der Waals surface area contributed by atoms with Crippen molar-refractivity contribution in [2.45, 2.75) is 83.7 Å². The summed E-state index contributed by atoms with van der Waals surface area (Å²) in [5, 5.41) is 0. The lowest BCUT2D eigenvalue weighted by atomic mass is 9.54. The van der Waals surface area contributed by atoms with Gasteiger partial charge in [0.2, 0.25) is 0 Å². The van der Waals surface area contributed by atoms with E-state index in [1.165, 1.54) is 0 Å². The van der Waals surface area contributed by atoms with Gasteiger partial charge in [0.05, 0.1) is 17.6 Å². The maximum atomic E-state index is 12.8. The van der Waals surface area contributed by atoms with Gasteiger partial charge in [-0.3, -0.25) is 4.79 Å². The summed E-state index contributed by atoms with van der Waals surface area (Å²) in [5.74, 6) is 0.235. The Morgan fingerprint density at radius 3 is 2.42 bits per heavy atom. The molecule has 3 nitrogen and oxygen atoms in total. The Morgan fingerprint density at radius 2 is 1.79 bits per heavy atom. The third kappa shape index (κ3) is 1.67. The van der Waals surface area contributed by atoms with Gasteiger partial charge >= 0.3 is 0 Å². The number of hydrogen-bond donors (Lipinski definition) is 0. The van der Waals surface area contributed by atoms with Crippen molar-refractivity contribution in [3.8, 4) is 0 Å². The number of ketones is 1. The van der Waals surface area contributed by atoms with Gasteiger partial charge in [0, 0.05) is 12.8 Å². The number of ether oxygens (including phenoxy) is 2. The minimum absolute atomic E-state index is 0.0944. The van der Waals surface area contributed by atoms with Crippen LogP contribution in [0.3, 0.4) is 0 Å². The van der Waals surface area contributed by atoms with Gasteiger partial charge in [-0.1, -0.05) is 6.92 Å². The fraction of sp³-hybridized carbons (Fsp3) is 0.938. The normalized spacial score (nSPS) is 50.5. The van der Waals surface area contributed by atoms with Crippen molar-refractivity contribution in [2.24, 2.45) is 11.3 Å². The molecule has 19 heavy (non-hydrogen) atoms. The van der Waals surface area contributed by atoms with Crippen LogP contribution in [-0.4, -0.2) is 23.8 Å². The Hall–Kier alpha value is -0.410. The summed E-state index contributed by atoms with van der Waals surface area (Å²) in [6, 6.07) is 0. The van der Waals surface area contributed by atoms with Gasteiger partial charge in [-0.15, -0.1) is 0 Å². The molecule has 3 aliphatic rings. The number of carbonyl (C=O) groups is 1. The lowest BCUT2D eigenvalue weighted by Gasteiger charge is -2.55. The highest BCUT2D eigenvalue weighted by atomic mass is 16.8. The van der Waals surface area contributed by atoms with Crippen LogP contribution in [0.2, 0.25) is 0 Å². The van der Waals surface area contributed by atoms with Crippen LogP contribution in [0, 0.1) is 11.3 Å². The van der Waals surface area contributed by atoms with Crippen LogP contribution in [0.5, 0.6) is 0 Å². The Bertz CT molecular complexity index is 366. The molecule has 1 saturated heterocycles. The van der Waals surface area contributed by atoms with E-state index in [0.717, 1.165) is 38.5 Å². The summed E-state index contributed by atoms with van der Waals surface area (Å²) >= 11 is 0. The molecular formula is C16H26O3. The fourth-order valence-electron chi connectivity index (χ4n) is 4.83. The van der Waals surface area contributed by atoms with Crippen molar-refractivity contribution in [2.75, 3.05) is 0 Å². The third-order valence-corrected chi connectivity index (χ3v) is 5.86. The molecule has 1 heterocycles. The molecule has 3 fully saturated rings. The summed E-state index contributed by atoms with van der Waals surface area (Å²) in [7, 11) is 0. The standard InChI is InChI=1S/C16H26O3/c1-4-15-13(7-5-9-14(15)17)8-6-10-16(15)18-11(2)12(3)19-16/h11-13H,4-10H2,1-3H3. The van der Waals surface area contributed by atoms with E-state index in [1.54, 1.807) is 0 Å². The second kappa shape index (κ2) is 4.56. The molecule has 0 bridgehead atoms. The molecule has 2 saturated carbocycles. The monoisotopic (exact) mass is 266 g/mol. The molecule has 3 heteroatoms. The lowest BCUT2D eigenvalue weighted by molar-refractivity contribution is -0.278. The second-order valence-corrected chi connectivity index (χ2v) is 6.63. The van der Waals surface area contributed by atoms with Gasteiger partial charge in [-0.2, -0.15) is 0 Å². The van der Waals surface area contributed by atoms with E-state index in [1.807, 2.05) is 0 Å². The SMILES string of the molecule is CCC12C(=O)CCCC1CCCC21OC(C)C(C)O1. The molecule has 0 radical (unpaired) electrons. The summed E-state index contributed by atoms with van der Waals surface area (Å²) < 4.78 is 12.6. The van der Waals surface area contributed by atoms with Gasteiger partial charge in [0.25, 0.3) is 0 Å². The topological polar surface area (TPSA) is 35.5 Å². The van der Waals surface area contributed by atoms with Gasteiger partial charge in [0.1, 0.15) is 5.78 Å². The first kappa shape index (κ1) is 13.6. The average Bonchev–Trinajstić information content (AvgIpc) is 2.66. The number of fused-ring (bicyclic) bond motifs is 2. The number of carbonyl (C=O) groups excluding carboxylic acids is 1. The maximum Gasteiger partial charge on any atom is 0.181 e. The van der Waals surface area contributed by atoms with E-state index >= 15 is 0 Å². The first-order valence-corrected chi connectivity index (χ1v) is 7.94. The Morgan fingerprint density at radius 1 is 1.16 bits per heavy atom. The molecule has 0 aromatic carbocycles. The quantitative estimate of drug-likeness (QED) is 0.729. The van der Waals surface area contributed by atoms with Crippen LogP contribution >= 0.6 is 0 Å². The zero-order valence-electron chi connectivity index (χ0n) is 12.4. The van der Waals surface area contributed by atoms with Gasteiger partial charge in [0.15, 0.2) is 5.79 Å². The van der Waals surface area contributed by atoms with Crippen LogP contribution in [0.15, 0.2) is 0 Å². The van der Waals surface area contributed by atoms with Crippen molar-refractivity contribution >= 4 is 5.78 Å². The predicted octanol–water partition coefficient (Wildman–Crippen LogP) is 3.46. The Balaban J connectivity index is 2.04. The molecule has 2 aliphatic carbocycles.